The lowest BCUT2D eigenvalue weighted by Gasteiger charge is -2.28. The van der Waals surface area contributed by atoms with E-state index < -0.39 is 16.6 Å². The Morgan fingerprint density at radius 3 is 2.96 bits per heavy atom. The largest absolute Gasteiger partial charge is 0.494 e. The van der Waals surface area contributed by atoms with E-state index in [9.17, 15) is 8.60 Å². The smallest absolute Gasteiger partial charge is 0.197 e. The van der Waals surface area contributed by atoms with Gasteiger partial charge in [0.2, 0.25) is 0 Å². The Labute approximate surface area is 159 Å². The van der Waals surface area contributed by atoms with Crippen LogP contribution in [0.15, 0.2) is 41.6 Å². The van der Waals surface area contributed by atoms with Crippen molar-refractivity contribution >= 4 is 33.1 Å². The molecule has 0 aliphatic carbocycles. The molecule has 1 N–H and O–H groups in total. The van der Waals surface area contributed by atoms with Crippen LogP contribution in [0.25, 0.3) is 16.6 Å². The highest BCUT2D eigenvalue weighted by Crippen LogP contribution is 2.34. The number of hydrogen-bond donors (Lipinski definition) is 1. The van der Waals surface area contributed by atoms with E-state index in [0.717, 1.165) is 23.4 Å². The number of allylic oxidation sites excluding steroid dienone is 1. The molecule has 0 fully saturated rings. The van der Waals surface area contributed by atoms with Gasteiger partial charge in [0.25, 0.3) is 0 Å². The predicted molar refractivity (Wildman–Crippen MR) is 106 cm³/mol. The second-order valence-corrected chi connectivity index (χ2v) is 7.98. The number of H-pyrrole nitrogens is 1. The highest BCUT2D eigenvalue weighted by molar-refractivity contribution is 7.84. The minimum Gasteiger partial charge on any atom is -0.494 e. The minimum absolute atomic E-state index is 0.118. The number of rotatable bonds is 4. The summed E-state index contributed by atoms with van der Waals surface area (Å²) in [6.45, 7) is 2.92. The van der Waals surface area contributed by atoms with Gasteiger partial charge in [-0.3, -0.25) is 4.21 Å². The molecule has 140 valence electrons. The number of nitrogens with zero attached hydrogens (tertiary/aromatic N) is 2. The molecule has 0 radical (unpaired) electrons. The SMILES string of the molecule is COc1cc2nc(S(=O)Cc3cccc4c3N(C)CC=C4C)[nH]c2cc1F. The number of aromatic nitrogens is 2. The fraction of sp³-hybridized carbons (Fsp3) is 0.250. The molecular weight excluding hydrogens is 365 g/mol. The Morgan fingerprint density at radius 2 is 2.19 bits per heavy atom. The van der Waals surface area contributed by atoms with Crippen molar-refractivity contribution in [3.63, 3.8) is 0 Å². The third kappa shape index (κ3) is 3.12. The van der Waals surface area contributed by atoms with Gasteiger partial charge in [-0.15, -0.1) is 0 Å². The van der Waals surface area contributed by atoms with E-state index in [1.165, 1.54) is 24.8 Å². The summed E-state index contributed by atoms with van der Waals surface area (Å²) in [4.78, 5) is 9.51. The van der Waals surface area contributed by atoms with Crippen molar-refractivity contribution in [3.8, 4) is 5.75 Å². The van der Waals surface area contributed by atoms with E-state index in [4.69, 9.17) is 4.74 Å². The molecule has 0 amide bonds. The van der Waals surface area contributed by atoms with Crippen LogP contribution in [0, 0.1) is 5.82 Å². The van der Waals surface area contributed by atoms with Gasteiger partial charge in [0.05, 0.1) is 34.7 Å². The zero-order valence-corrected chi connectivity index (χ0v) is 16.2. The topological polar surface area (TPSA) is 58.2 Å². The van der Waals surface area contributed by atoms with Gasteiger partial charge in [-0.05, 0) is 18.1 Å². The van der Waals surface area contributed by atoms with Crippen molar-refractivity contribution in [2.24, 2.45) is 0 Å². The molecule has 2 heterocycles. The Morgan fingerprint density at radius 1 is 1.37 bits per heavy atom. The number of likely N-dealkylation sites (N-methyl/N-ethyl adjacent to an activating group) is 1. The van der Waals surface area contributed by atoms with E-state index >= 15 is 0 Å². The third-order valence-corrected chi connectivity index (χ3v) is 6.03. The van der Waals surface area contributed by atoms with E-state index in [2.05, 4.69) is 33.9 Å². The maximum absolute atomic E-state index is 13.9. The van der Waals surface area contributed by atoms with Crippen molar-refractivity contribution < 1.29 is 13.3 Å². The molecule has 0 saturated heterocycles. The molecule has 4 rings (SSSR count). The molecule has 5 nitrogen and oxygen atoms in total. The van der Waals surface area contributed by atoms with Crippen LogP contribution in [-0.4, -0.2) is 34.9 Å². The van der Waals surface area contributed by atoms with Crippen LogP contribution in [0.3, 0.4) is 0 Å². The van der Waals surface area contributed by atoms with Crippen molar-refractivity contribution in [1.82, 2.24) is 9.97 Å². The summed E-state index contributed by atoms with van der Waals surface area (Å²) >= 11 is 0. The zero-order chi connectivity index (χ0) is 19.1. The number of hydrogen-bond acceptors (Lipinski definition) is 4. The Balaban J connectivity index is 1.68. The summed E-state index contributed by atoms with van der Waals surface area (Å²) in [6, 6.07) is 8.89. The summed E-state index contributed by atoms with van der Waals surface area (Å²) in [5.41, 5.74) is 5.53. The summed E-state index contributed by atoms with van der Waals surface area (Å²) in [7, 11) is 2.05. The first-order valence-corrected chi connectivity index (χ1v) is 9.91. The fourth-order valence-electron chi connectivity index (χ4n) is 3.41. The van der Waals surface area contributed by atoms with Crippen LogP contribution in [0.5, 0.6) is 5.75 Å². The van der Waals surface area contributed by atoms with Gasteiger partial charge in [-0.2, -0.15) is 0 Å². The number of ether oxygens (including phenoxy) is 1. The molecule has 2 aromatic carbocycles. The maximum Gasteiger partial charge on any atom is 0.197 e. The molecule has 1 aliphatic rings. The molecule has 1 atom stereocenters. The number of para-hydroxylation sites is 1. The molecular formula is C20H20FN3O2S. The lowest BCUT2D eigenvalue weighted by molar-refractivity contribution is 0.387. The van der Waals surface area contributed by atoms with Gasteiger partial charge in [-0.25, -0.2) is 9.37 Å². The van der Waals surface area contributed by atoms with Gasteiger partial charge >= 0.3 is 0 Å². The third-order valence-electron chi connectivity index (χ3n) is 4.83. The maximum atomic E-state index is 13.9. The van der Waals surface area contributed by atoms with Crippen LogP contribution in [0.2, 0.25) is 0 Å². The van der Waals surface area contributed by atoms with Gasteiger partial charge in [0.1, 0.15) is 0 Å². The van der Waals surface area contributed by atoms with Crippen LogP contribution in [0.4, 0.5) is 10.1 Å². The molecule has 1 aromatic heterocycles. The van der Waals surface area contributed by atoms with E-state index in [0.29, 0.717) is 21.9 Å². The summed E-state index contributed by atoms with van der Waals surface area (Å²) < 4.78 is 31.8. The van der Waals surface area contributed by atoms with Crippen molar-refractivity contribution in [2.75, 3.05) is 25.6 Å². The molecule has 0 bridgehead atoms. The molecule has 1 aliphatic heterocycles. The first kappa shape index (κ1) is 17.7. The average molecular weight is 385 g/mol. The molecule has 0 spiro atoms. The first-order chi connectivity index (χ1) is 13.0. The number of aromatic amines is 1. The van der Waals surface area contributed by atoms with Gasteiger partial charge in [-0.1, -0.05) is 24.3 Å². The van der Waals surface area contributed by atoms with Crippen LogP contribution in [-0.2, 0) is 16.6 Å². The monoisotopic (exact) mass is 385 g/mol. The van der Waals surface area contributed by atoms with Crippen molar-refractivity contribution in [1.29, 1.82) is 0 Å². The lowest BCUT2D eigenvalue weighted by atomic mass is 9.97. The Bertz CT molecular complexity index is 1090. The summed E-state index contributed by atoms with van der Waals surface area (Å²) in [5, 5.41) is 0.334. The molecule has 27 heavy (non-hydrogen) atoms. The zero-order valence-electron chi connectivity index (χ0n) is 15.4. The number of nitrogens with one attached hydrogen (secondary N) is 1. The standard InChI is InChI=1S/C20H20FN3O2S/c1-12-7-8-24(2)19-13(5-4-6-14(12)19)11-27(25)20-22-16-9-15(21)18(26-3)10-17(16)23-20/h4-7,9-10H,8,11H2,1-3H3,(H,22,23). The Hall–Kier alpha value is -2.67. The second-order valence-electron chi connectivity index (χ2n) is 6.62. The van der Waals surface area contributed by atoms with E-state index in [1.54, 1.807) is 0 Å². The number of methoxy groups -OCH3 is 1. The normalized spacial score (nSPS) is 14.8. The quantitative estimate of drug-likeness (QED) is 0.741. The van der Waals surface area contributed by atoms with Crippen molar-refractivity contribution in [2.45, 2.75) is 17.8 Å². The Kier molecular flexibility index (Phi) is 4.47. The molecule has 7 heteroatoms. The average Bonchev–Trinajstić information content (AvgIpc) is 3.07. The van der Waals surface area contributed by atoms with Crippen molar-refractivity contribution in [3.05, 3.63) is 53.4 Å². The fourth-order valence-corrected chi connectivity index (χ4v) is 4.49. The van der Waals surface area contributed by atoms with Crippen LogP contribution < -0.4 is 9.64 Å². The number of benzene rings is 2. The number of fused-ring (bicyclic) bond motifs is 2. The molecule has 3 aromatic rings. The first-order valence-electron chi connectivity index (χ1n) is 8.59. The van der Waals surface area contributed by atoms with Crippen LogP contribution in [0.1, 0.15) is 18.1 Å². The highest BCUT2D eigenvalue weighted by Gasteiger charge is 2.20. The molecule has 1 unspecified atom stereocenters. The summed E-state index contributed by atoms with van der Waals surface area (Å²) in [6.07, 6.45) is 2.18. The van der Waals surface area contributed by atoms with Gasteiger partial charge < -0.3 is 14.6 Å². The van der Waals surface area contributed by atoms with E-state index in [1.807, 2.05) is 19.2 Å². The summed E-state index contributed by atoms with van der Waals surface area (Å²) in [5.74, 6) is -0.0282. The highest BCUT2D eigenvalue weighted by atomic mass is 32.2. The predicted octanol–water partition coefficient (Wildman–Crippen LogP) is 3.87. The number of halogens is 1. The van der Waals surface area contributed by atoms with E-state index in [-0.39, 0.29) is 5.75 Å². The minimum atomic E-state index is -1.38. The number of imidazole rings is 1. The van der Waals surface area contributed by atoms with Crippen LogP contribution >= 0.6 is 0 Å². The lowest BCUT2D eigenvalue weighted by Crippen LogP contribution is -2.23. The van der Waals surface area contributed by atoms with Gasteiger partial charge in [0.15, 0.2) is 16.7 Å². The van der Waals surface area contributed by atoms with Gasteiger partial charge in [0, 0.05) is 37.0 Å². The number of anilines is 1. The second kappa shape index (κ2) is 6.81. The molecule has 0 saturated carbocycles.